The van der Waals surface area contributed by atoms with Crippen molar-refractivity contribution >= 4 is 16.8 Å². The number of aromatic nitrogens is 1. The fourth-order valence-electron chi connectivity index (χ4n) is 3.98. The summed E-state index contributed by atoms with van der Waals surface area (Å²) < 4.78 is 1.57. The van der Waals surface area contributed by atoms with Crippen molar-refractivity contribution in [3.05, 3.63) is 81.1 Å². The van der Waals surface area contributed by atoms with Gasteiger partial charge in [-0.1, -0.05) is 36.4 Å². The number of carbonyl (C=O) groups is 1. The summed E-state index contributed by atoms with van der Waals surface area (Å²) in [7, 11) is 1.72. The molecule has 1 heterocycles. The van der Waals surface area contributed by atoms with Crippen molar-refractivity contribution in [3.8, 4) is 0 Å². The van der Waals surface area contributed by atoms with Gasteiger partial charge in [-0.25, -0.2) is 0 Å². The van der Waals surface area contributed by atoms with Crippen molar-refractivity contribution in [2.45, 2.75) is 38.6 Å². The van der Waals surface area contributed by atoms with Crippen LogP contribution in [0.5, 0.6) is 0 Å². The van der Waals surface area contributed by atoms with Crippen LogP contribution in [-0.2, 0) is 19.9 Å². The molecule has 0 spiro atoms. The molecule has 1 amide bonds. The molecule has 0 saturated heterocycles. The first-order valence-electron chi connectivity index (χ1n) is 9.56. The van der Waals surface area contributed by atoms with Crippen LogP contribution >= 0.6 is 0 Å². The first kappa shape index (κ1) is 17.5. The lowest BCUT2D eigenvalue weighted by molar-refractivity contribution is 0.0941. The Balaban J connectivity index is 1.64. The van der Waals surface area contributed by atoms with E-state index in [0.717, 1.165) is 29.3 Å². The summed E-state index contributed by atoms with van der Waals surface area (Å²) in [5.41, 5.74) is 4.95. The SMILES string of the molecule is CC(NC(=O)c1cc(=O)n(C)c2ccccc12)c1ccc2c(c1)CCCC2. The molecule has 27 heavy (non-hydrogen) atoms. The zero-order chi connectivity index (χ0) is 19.0. The standard InChI is InChI=1S/C23H24N2O2/c1-15(17-12-11-16-7-3-4-8-18(16)13-17)24-23(27)20-14-22(26)25(2)21-10-6-5-9-19(20)21/h5-6,9-15H,3-4,7-8H2,1-2H3,(H,24,27). The van der Waals surface area contributed by atoms with Gasteiger partial charge in [0.2, 0.25) is 0 Å². The predicted octanol–water partition coefficient (Wildman–Crippen LogP) is 3.91. The molecule has 3 aromatic rings. The van der Waals surface area contributed by atoms with Crippen LogP contribution in [0.3, 0.4) is 0 Å². The van der Waals surface area contributed by atoms with E-state index in [1.54, 1.807) is 11.6 Å². The second kappa shape index (κ2) is 7.03. The maximum Gasteiger partial charge on any atom is 0.252 e. The summed E-state index contributed by atoms with van der Waals surface area (Å²) in [6.07, 6.45) is 4.75. The number of nitrogens with one attached hydrogen (secondary N) is 1. The minimum atomic E-state index is -0.214. The largest absolute Gasteiger partial charge is 0.345 e. The summed E-state index contributed by atoms with van der Waals surface area (Å²) in [5, 5.41) is 3.86. The smallest absolute Gasteiger partial charge is 0.252 e. The van der Waals surface area contributed by atoms with E-state index in [4.69, 9.17) is 0 Å². The summed E-state index contributed by atoms with van der Waals surface area (Å²) >= 11 is 0. The lowest BCUT2D eigenvalue weighted by Gasteiger charge is -2.20. The van der Waals surface area contributed by atoms with Gasteiger partial charge in [0, 0.05) is 18.5 Å². The van der Waals surface area contributed by atoms with E-state index >= 15 is 0 Å². The number of hydrogen-bond acceptors (Lipinski definition) is 2. The van der Waals surface area contributed by atoms with E-state index in [-0.39, 0.29) is 17.5 Å². The van der Waals surface area contributed by atoms with Crippen LogP contribution < -0.4 is 10.9 Å². The Hall–Kier alpha value is -2.88. The van der Waals surface area contributed by atoms with Crippen LogP contribution in [0.4, 0.5) is 0 Å². The summed E-state index contributed by atoms with van der Waals surface area (Å²) in [6.45, 7) is 1.99. The number of amides is 1. The minimum Gasteiger partial charge on any atom is -0.345 e. The first-order chi connectivity index (χ1) is 13.0. The molecule has 0 bridgehead atoms. The van der Waals surface area contributed by atoms with Crippen LogP contribution in [0.2, 0.25) is 0 Å². The summed E-state index contributed by atoms with van der Waals surface area (Å²) in [5.74, 6) is -0.214. The molecule has 4 rings (SSSR count). The monoisotopic (exact) mass is 360 g/mol. The second-order valence-corrected chi connectivity index (χ2v) is 7.40. The third kappa shape index (κ3) is 3.27. The average molecular weight is 360 g/mol. The molecule has 0 fully saturated rings. The second-order valence-electron chi connectivity index (χ2n) is 7.40. The van der Waals surface area contributed by atoms with Gasteiger partial charge in [0.05, 0.1) is 17.1 Å². The van der Waals surface area contributed by atoms with Gasteiger partial charge in [0.1, 0.15) is 0 Å². The predicted molar refractivity (Wildman–Crippen MR) is 108 cm³/mol. The highest BCUT2D eigenvalue weighted by atomic mass is 16.2. The first-order valence-corrected chi connectivity index (χ1v) is 9.56. The number of para-hydroxylation sites is 1. The summed E-state index contributed by atoms with van der Waals surface area (Å²) in [6, 6.07) is 15.3. The van der Waals surface area contributed by atoms with Crippen LogP contribution in [0.15, 0.2) is 53.3 Å². The van der Waals surface area contributed by atoms with E-state index < -0.39 is 0 Å². The number of nitrogens with zero attached hydrogens (tertiary/aromatic N) is 1. The van der Waals surface area contributed by atoms with E-state index in [1.807, 2.05) is 31.2 Å². The molecule has 1 atom stereocenters. The number of rotatable bonds is 3. The molecule has 1 aliphatic carbocycles. The third-order valence-electron chi connectivity index (χ3n) is 5.62. The Kier molecular flexibility index (Phi) is 4.56. The number of pyridine rings is 1. The topological polar surface area (TPSA) is 51.1 Å². The van der Waals surface area contributed by atoms with E-state index in [1.165, 1.54) is 30.0 Å². The molecule has 138 valence electrons. The Bertz CT molecular complexity index is 1080. The number of hydrogen-bond donors (Lipinski definition) is 1. The molecule has 1 aliphatic rings. The van der Waals surface area contributed by atoms with Gasteiger partial charge in [-0.3, -0.25) is 9.59 Å². The maximum atomic E-state index is 12.9. The lowest BCUT2D eigenvalue weighted by Crippen LogP contribution is -2.29. The summed E-state index contributed by atoms with van der Waals surface area (Å²) in [4.78, 5) is 25.2. The minimum absolute atomic E-state index is 0.118. The van der Waals surface area contributed by atoms with Crippen molar-refractivity contribution in [3.63, 3.8) is 0 Å². The molecule has 4 nitrogen and oxygen atoms in total. The van der Waals surface area contributed by atoms with Crippen LogP contribution in [0, 0.1) is 0 Å². The van der Waals surface area contributed by atoms with Gasteiger partial charge in [0.15, 0.2) is 0 Å². The Morgan fingerprint density at radius 3 is 2.59 bits per heavy atom. The van der Waals surface area contributed by atoms with Crippen LogP contribution in [0.1, 0.15) is 52.9 Å². The molecule has 0 saturated carbocycles. The fraction of sp³-hybridized carbons (Fsp3) is 0.304. The van der Waals surface area contributed by atoms with Crippen molar-refractivity contribution in [2.75, 3.05) is 0 Å². The average Bonchev–Trinajstić information content (AvgIpc) is 2.70. The van der Waals surface area contributed by atoms with E-state index in [2.05, 4.69) is 23.5 Å². The van der Waals surface area contributed by atoms with Crippen LogP contribution in [-0.4, -0.2) is 10.5 Å². The lowest BCUT2D eigenvalue weighted by atomic mass is 9.89. The van der Waals surface area contributed by atoms with Gasteiger partial charge in [-0.2, -0.15) is 0 Å². The van der Waals surface area contributed by atoms with Crippen molar-refractivity contribution in [1.82, 2.24) is 9.88 Å². The zero-order valence-corrected chi connectivity index (χ0v) is 15.8. The highest BCUT2D eigenvalue weighted by molar-refractivity contribution is 6.06. The molecule has 1 N–H and O–H groups in total. The van der Waals surface area contributed by atoms with E-state index in [9.17, 15) is 9.59 Å². The molecule has 1 unspecified atom stereocenters. The molecule has 0 aliphatic heterocycles. The zero-order valence-electron chi connectivity index (χ0n) is 15.8. The van der Waals surface area contributed by atoms with Crippen LogP contribution in [0.25, 0.3) is 10.9 Å². The normalized spacial score (nSPS) is 14.6. The molecule has 1 aromatic heterocycles. The number of aryl methyl sites for hydroxylation is 3. The Labute approximate surface area is 158 Å². The Morgan fingerprint density at radius 2 is 1.78 bits per heavy atom. The van der Waals surface area contributed by atoms with Crippen molar-refractivity contribution in [1.29, 1.82) is 0 Å². The number of carbonyl (C=O) groups excluding carboxylic acids is 1. The van der Waals surface area contributed by atoms with Crippen molar-refractivity contribution < 1.29 is 4.79 Å². The van der Waals surface area contributed by atoms with Gasteiger partial charge in [-0.15, -0.1) is 0 Å². The highest BCUT2D eigenvalue weighted by Crippen LogP contribution is 2.25. The van der Waals surface area contributed by atoms with Gasteiger partial charge in [-0.05, 0) is 55.4 Å². The van der Waals surface area contributed by atoms with Gasteiger partial charge >= 0.3 is 0 Å². The third-order valence-corrected chi connectivity index (χ3v) is 5.62. The fourth-order valence-corrected chi connectivity index (χ4v) is 3.98. The Morgan fingerprint density at radius 1 is 1.04 bits per heavy atom. The maximum absolute atomic E-state index is 12.9. The molecular formula is C23H24N2O2. The number of fused-ring (bicyclic) bond motifs is 2. The van der Waals surface area contributed by atoms with Crippen molar-refractivity contribution in [2.24, 2.45) is 7.05 Å². The molecule has 2 aromatic carbocycles. The van der Waals surface area contributed by atoms with E-state index in [0.29, 0.717) is 5.56 Å². The van der Waals surface area contributed by atoms with Gasteiger partial charge in [0.25, 0.3) is 11.5 Å². The molecule has 0 radical (unpaired) electrons. The van der Waals surface area contributed by atoms with Gasteiger partial charge < -0.3 is 9.88 Å². The quantitative estimate of drug-likeness (QED) is 0.770. The molecular weight excluding hydrogens is 336 g/mol. The number of benzene rings is 2. The highest BCUT2D eigenvalue weighted by Gasteiger charge is 2.17. The molecule has 4 heteroatoms.